The molecule has 1 aromatic rings. The quantitative estimate of drug-likeness (QED) is 0.805. The van der Waals surface area contributed by atoms with Crippen molar-refractivity contribution in [3.05, 3.63) is 12.4 Å². The molecule has 1 aromatic heterocycles. The predicted molar refractivity (Wildman–Crippen MR) is 60.9 cm³/mol. The number of hydrogen-bond donors (Lipinski definition) is 2. The van der Waals surface area contributed by atoms with Crippen LogP contribution >= 0.6 is 0 Å². The lowest BCUT2D eigenvalue weighted by Crippen LogP contribution is -2.34. The Kier molecular flexibility index (Phi) is 3.76. The van der Waals surface area contributed by atoms with Crippen molar-refractivity contribution < 1.29 is 9.53 Å². The van der Waals surface area contributed by atoms with E-state index in [2.05, 4.69) is 10.3 Å². The number of nitrogens with zero attached hydrogens (tertiary/aromatic N) is 2. The average Bonchev–Trinajstić information content (AvgIpc) is 2.48. The molecule has 0 unspecified atom stereocenters. The highest BCUT2D eigenvalue weighted by Gasteiger charge is 2.15. The Bertz CT molecular complexity index is 354. The lowest BCUT2D eigenvalue weighted by molar-refractivity contribution is 0.0526. The van der Waals surface area contributed by atoms with Gasteiger partial charge in [0.2, 0.25) is 0 Å². The lowest BCUT2D eigenvalue weighted by Gasteiger charge is -2.19. The normalized spacial score (nSPS) is 11.2. The minimum absolute atomic E-state index is 0.425. The van der Waals surface area contributed by atoms with Crippen molar-refractivity contribution in [3.63, 3.8) is 0 Å². The van der Waals surface area contributed by atoms with Gasteiger partial charge >= 0.3 is 6.09 Å². The van der Waals surface area contributed by atoms with Crippen molar-refractivity contribution in [1.82, 2.24) is 14.9 Å². The van der Waals surface area contributed by atoms with E-state index in [4.69, 9.17) is 10.5 Å². The first-order valence-electron chi connectivity index (χ1n) is 5.12. The first-order chi connectivity index (χ1) is 7.38. The number of alkyl carbamates (subject to hydrolysis) is 1. The van der Waals surface area contributed by atoms with E-state index in [0.29, 0.717) is 19.0 Å². The van der Waals surface area contributed by atoms with E-state index in [0.717, 1.165) is 0 Å². The molecule has 1 amide bonds. The van der Waals surface area contributed by atoms with Crippen molar-refractivity contribution in [1.29, 1.82) is 0 Å². The van der Waals surface area contributed by atoms with Gasteiger partial charge in [-0.15, -0.1) is 0 Å². The van der Waals surface area contributed by atoms with Gasteiger partial charge in [0, 0.05) is 25.5 Å². The summed E-state index contributed by atoms with van der Waals surface area (Å²) in [5, 5.41) is 2.64. The van der Waals surface area contributed by atoms with Gasteiger partial charge in [-0.05, 0) is 20.8 Å². The summed E-state index contributed by atoms with van der Waals surface area (Å²) >= 11 is 0. The second-order valence-electron chi connectivity index (χ2n) is 4.41. The number of nitrogens with one attached hydrogen (secondary N) is 1. The zero-order valence-corrected chi connectivity index (χ0v) is 9.86. The first kappa shape index (κ1) is 12.4. The molecule has 16 heavy (non-hydrogen) atoms. The van der Waals surface area contributed by atoms with Crippen LogP contribution in [0.2, 0.25) is 0 Å². The van der Waals surface area contributed by atoms with Crippen LogP contribution in [0, 0.1) is 0 Å². The number of nitrogen functional groups attached to an aromatic ring is 1. The number of rotatable bonds is 3. The topological polar surface area (TPSA) is 82.2 Å². The maximum atomic E-state index is 11.3. The molecule has 0 aliphatic heterocycles. The highest BCUT2D eigenvalue weighted by atomic mass is 16.6. The number of carbonyl (C=O) groups excluding carboxylic acids is 1. The predicted octanol–water partition coefficient (Wildman–Crippen LogP) is 0.990. The molecule has 1 heterocycles. The van der Waals surface area contributed by atoms with Crippen LogP contribution in [-0.2, 0) is 11.3 Å². The average molecular weight is 226 g/mol. The van der Waals surface area contributed by atoms with Gasteiger partial charge in [-0.3, -0.25) is 0 Å². The summed E-state index contributed by atoms with van der Waals surface area (Å²) in [5.41, 5.74) is 5.09. The van der Waals surface area contributed by atoms with Gasteiger partial charge in [0.25, 0.3) is 0 Å². The van der Waals surface area contributed by atoms with Crippen molar-refractivity contribution in [3.8, 4) is 0 Å². The Hall–Kier alpha value is -1.72. The van der Waals surface area contributed by atoms with Gasteiger partial charge in [0.1, 0.15) is 5.60 Å². The summed E-state index contributed by atoms with van der Waals surface area (Å²) in [7, 11) is 0. The smallest absolute Gasteiger partial charge is 0.407 e. The monoisotopic (exact) mass is 226 g/mol. The molecule has 0 aliphatic carbocycles. The summed E-state index contributed by atoms with van der Waals surface area (Å²) < 4.78 is 6.83. The largest absolute Gasteiger partial charge is 0.444 e. The van der Waals surface area contributed by atoms with E-state index >= 15 is 0 Å². The standard InChI is InChI=1S/C10H18N4O2/c1-10(2,3)16-9(15)13-5-7-14-6-4-12-8(14)11/h4,6H,5,7H2,1-3H3,(H2,11,12)(H,13,15). The van der Waals surface area contributed by atoms with Crippen LogP contribution in [-0.4, -0.2) is 27.8 Å². The zero-order valence-electron chi connectivity index (χ0n) is 9.86. The Morgan fingerprint density at radius 1 is 1.62 bits per heavy atom. The number of ether oxygens (including phenoxy) is 1. The van der Waals surface area contributed by atoms with Crippen LogP contribution in [0.3, 0.4) is 0 Å². The molecule has 0 aromatic carbocycles. The molecule has 3 N–H and O–H groups in total. The van der Waals surface area contributed by atoms with Crippen molar-refractivity contribution in [2.24, 2.45) is 0 Å². The third-order valence-electron chi connectivity index (χ3n) is 1.77. The number of hydrogen-bond acceptors (Lipinski definition) is 4. The third kappa shape index (κ3) is 4.20. The molecule has 0 spiro atoms. The van der Waals surface area contributed by atoms with E-state index in [9.17, 15) is 4.79 Å². The van der Waals surface area contributed by atoms with Crippen LogP contribution < -0.4 is 11.1 Å². The molecule has 90 valence electrons. The van der Waals surface area contributed by atoms with Gasteiger partial charge in [-0.2, -0.15) is 0 Å². The molecule has 6 heteroatoms. The van der Waals surface area contributed by atoms with E-state index in [1.165, 1.54) is 0 Å². The number of imidazole rings is 1. The zero-order chi connectivity index (χ0) is 12.2. The van der Waals surface area contributed by atoms with E-state index in [1.807, 2.05) is 20.8 Å². The van der Waals surface area contributed by atoms with Gasteiger partial charge in [-0.1, -0.05) is 0 Å². The molecule has 0 fully saturated rings. The van der Waals surface area contributed by atoms with E-state index < -0.39 is 11.7 Å². The van der Waals surface area contributed by atoms with Crippen molar-refractivity contribution in [2.45, 2.75) is 32.9 Å². The van der Waals surface area contributed by atoms with Crippen LogP contribution in [0.25, 0.3) is 0 Å². The van der Waals surface area contributed by atoms with Crippen LogP contribution in [0.5, 0.6) is 0 Å². The van der Waals surface area contributed by atoms with Crippen LogP contribution in [0.1, 0.15) is 20.8 Å². The Morgan fingerprint density at radius 3 is 2.81 bits per heavy atom. The van der Waals surface area contributed by atoms with Gasteiger partial charge in [0.05, 0.1) is 0 Å². The van der Waals surface area contributed by atoms with E-state index in [1.54, 1.807) is 17.0 Å². The fraction of sp³-hybridized carbons (Fsp3) is 0.600. The van der Waals surface area contributed by atoms with Gasteiger partial charge in [0.15, 0.2) is 5.95 Å². The molecular weight excluding hydrogens is 208 g/mol. The minimum Gasteiger partial charge on any atom is -0.444 e. The second-order valence-corrected chi connectivity index (χ2v) is 4.41. The lowest BCUT2D eigenvalue weighted by atomic mass is 10.2. The molecule has 0 radical (unpaired) electrons. The van der Waals surface area contributed by atoms with Crippen molar-refractivity contribution in [2.75, 3.05) is 12.3 Å². The fourth-order valence-corrected chi connectivity index (χ4v) is 1.12. The molecule has 6 nitrogen and oxygen atoms in total. The number of nitrogens with two attached hydrogens (primary N) is 1. The summed E-state index contributed by atoms with van der Waals surface area (Å²) in [4.78, 5) is 15.2. The minimum atomic E-state index is -0.474. The number of aromatic nitrogens is 2. The summed E-state index contributed by atoms with van der Waals surface area (Å²) in [6.07, 6.45) is 2.95. The summed E-state index contributed by atoms with van der Waals surface area (Å²) in [6.45, 7) is 6.49. The molecular formula is C10H18N4O2. The molecule has 0 saturated carbocycles. The fourth-order valence-electron chi connectivity index (χ4n) is 1.12. The van der Waals surface area contributed by atoms with E-state index in [-0.39, 0.29) is 0 Å². The van der Waals surface area contributed by atoms with Gasteiger partial charge < -0.3 is 20.4 Å². The third-order valence-corrected chi connectivity index (χ3v) is 1.77. The summed E-state index contributed by atoms with van der Waals surface area (Å²) in [6, 6.07) is 0. The van der Waals surface area contributed by atoms with Gasteiger partial charge in [-0.25, -0.2) is 9.78 Å². The number of anilines is 1. The Balaban J connectivity index is 2.26. The van der Waals surface area contributed by atoms with Crippen LogP contribution in [0.4, 0.5) is 10.7 Å². The maximum absolute atomic E-state index is 11.3. The summed E-state index contributed by atoms with van der Waals surface area (Å²) in [5.74, 6) is 0.436. The highest BCUT2D eigenvalue weighted by molar-refractivity contribution is 5.67. The Morgan fingerprint density at radius 2 is 2.31 bits per heavy atom. The molecule has 0 bridgehead atoms. The molecule has 0 atom stereocenters. The molecule has 0 aliphatic rings. The second kappa shape index (κ2) is 4.87. The number of carbonyl (C=O) groups is 1. The maximum Gasteiger partial charge on any atom is 0.407 e. The van der Waals surface area contributed by atoms with Crippen LogP contribution in [0.15, 0.2) is 12.4 Å². The number of amides is 1. The SMILES string of the molecule is CC(C)(C)OC(=O)NCCn1ccnc1N. The van der Waals surface area contributed by atoms with Crippen molar-refractivity contribution >= 4 is 12.0 Å². The molecule has 0 saturated heterocycles. The molecule has 1 rings (SSSR count). The highest BCUT2D eigenvalue weighted by Crippen LogP contribution is 2.06. The Labute approximate surface area is 94.8 Å². The first-order valence-corrected chi connectivity index (χ1v) is 5.12.